The van der Waals surface area contributed by atoms with Gasteiger partial charge in [0.2, 0.25) is 0 Å². The topological polar surface area (TPSA) is 106 Å². The SMILES string of the molecule is C[NH+](C)CCCNC(=O)/C(=C/C=C/c1ccccc1)NC(=O)c1ccc([N+](=O)[O-])cc1. The average molecular weight is 423 g/mol. The lowest BCUT2D eigenvalue weighted by molar-refractivity contribution is -0.858. The molecule has 0 fully saturated rings. The van der Waals surface area contributed by atoms with Gasteiger partial charge in [0.15, 0.2) is 0 Å². The highest BCUT2D eigenvalue weighted by Crippen LogP contribution is 2.12. The van der Waals surface area contributed by atoms with E-state index in [1.807, 2.05) is 50.5 Å². The van der Waals surface area contributed by atoms with Crippen molar-refractivity contribution in [2.75, 3.05) is 27.2 Å². The summed E-state index contributed by atoms with van der Waals surface area (Å²) in [6, 6.07) is 14.7. The Morgan fingerprint density at radius 2 is 1.74 bits per heavy atom. The molecule has 0 atom stereocenters. The van der Waals surface area contributed by atoms with E-state index in [0.29, 0.717) is 6.54 Å². The first-order valence-electron chi connectivity index (χ1n) is 9.93. The largest absolute Gasteiger partial charge is 0.351 e. The number of amides is 2. The fourth-order valence-corrected chi connectivity index (χ4v) is 2.66. The summed E-state index contributed by atoms with van der Waals surface area (Å²) in [7, 11) is 4.07. The summed E-state index contributed by atoms with van der Waals surface area (Å²) in [6.07, 6.45) is 5.84. The van der Waals surface area contributed by atoms with Crippen LogP contribution in [0.15, 0.2) is 72.4 Å². The number of hydrogen-bond acceptors (Lipinski definition) is 4. The van der Waals surface area contributed by atoms with Gasteiger partial charge < -0.3 is 15.5 Å². The van der Waals surface area contributed by atoms with E-state index in [-0.39, 0.29) is 16.9 Å². The van der Waals surface area contributed by atoms with Gasteiger partial charge in [0.25, 0.3) is 17.5 Å². The van der Waals surface area contributed by atoms with Gasteiger partial charge in [0, 0.05) is 30.7 Å². The fourth-order valence-electron chi connectivity index (χ4n) is 2.66. The number of hydrogen-bond donors (Lipinski definition) is 3. The lowest BCUT2D eigenvalue weighted by Crippen LogP contribution is -3.05. The maximum atomic E-state index is 12.6. The molecule has 0 aliphatic heterocycles. The number of nitrogens with zero attached hydrogens (tertiary/aromatic N) is 1. The highest BCUT2D eigenvalue weighted by molar-refractivity contribution is 6.03. The van der Waals surface area contributed by atoms with E-state index >= 15 is 0 Å². The first-order valence-corrected chi connectivity index (χ1v) is 9.93. The Morgan fingerprint density at radius 1 is 1.06 bits per heavy atom. The van der Waals surface area contributed by atoms with E-state index in [1.54, 1.807) is 6.08 Å². The molecule has 0 aliphatic carbocycles. The van der Waals surface area contributed by atoms with Crippen molar-refractivity contribution in [1.82, 2.24) is 10.6 Å². The standard InChI is InChI=1S/C23H26N4O4/c1-26(2)17-7-16-24-23(29)21(11-6-10-18-8-4-3-5-9-18)25-22(28)19-12-14-20(15-13-19)27(30)31/h3-6,8-15H,7,16-17H2,1-2H3,(H,24,29)(H,25,28)/p+1/b10-6+,21-11-. The van der Waals surface area contributed by atoms with Crippen LogP contribution in [-0.2, 0) is 4.79 Å². The maximum absolute atomic E-state index is 12.6. The van der Waals surface area contributed by atoms with Crippen molar-refractivity contribution in [1.29, 1.82) is 0 Å². The number of benzene rings is 2. The van der Waals surface area contributed by atoms with E-state index in [2.05, 4.69) is 10.6 Å². The maximum Gasteiger partial charge on any atom is 0.269 e. The quantitative estimate of drug-likeness (QED) is 0.177. The molecule has 31 heavy (non-hydrogen) atoms. The van der Waals surface area contributed by atoms with E-state index in [9.17, 15) is 19.7 Å². The van der Waals surface area contributed by atoms with Crippen molar-refractivity contribution in [2.45, 2.75) is 6.42 Å². The highest BCUT2D eigenvalue weighted by Gasteiger charge is 2.15. The average Bonchev–Trinajstić information content (AvgIpc) is 2.76. The zero-order valence-corrected chi connectivity index (χ0v) is 17.6. The second kappa shape index (κ2) is 12.0. The van der Waals surface area contributed by atoms with Crippen molar-refractivity contribution < 1.29 is 19.4 Å². The van der Waals surface area contributed by atoms with Gasteiger partial charge in [-0.05, 0) is 23.8 Å². The Bertz CT molecular complexity index is 951. The lowest BCUT2D eigenvalue weighted by Gasteiger charge is -2.11. The highest BCUT2D eigenvalue weighted by atomic mass is 16.6. The molecule has 3 N–H and O–H groups in total. The number of nitro benzene ring substituents is 1. The first-order chi connectivity index (χ1) is 14.9. The van der Waals surface area contributed by atoms with Gasteiger partial charge in [-0.2, -0.15) is 0 Å². The van der Waals surface area contributed by atoms with Crippen molar-refractivity contribution in [3.05, 3.63) is 93.7 Å². The van der Waals surface area contributed by atoms with Crippen LogP contribution in [-0.4, -0.2) is 43.9 Å². The van der Waals surface area contributed by atoms with Crippen molar-refractivity contribution in [3.63, 3.8) is 0 Å². The molecule has 2 aromatic carbocycles. The second-order valence-corrected chi connectivity index (χ2v) is 7.17. The normalized spacial score (nSPS) is 11.5. The number of nitro groups is 1. The summed E-state index contributed by atoms with van der Waals surface area (Å²) >= 11 is 0. The summed E-state index contributed by atoms with van der Waals surface area (Å²) in [4.78, 5) is 36.7. The minimum atomic E-state index is -0.537. The summed E-state index contributed by atoms with van der Waals surface area (Å²) in [5.41, 5.74) is 1.15. The number of carbonyl (C=O) groups is 2. The van der Waals surface area contributed by atoms with E-state index < -0.39 is 16.7 Å². The third-order valence-electron chi connectivity index (χ3n) is 4.32. The molecular weight excluding hydrogens is 396 g/mol. The van der Waals surface area contributed by atoms with Crippen LogP contribution < -0.4 is 15.5 Å². The Hall–Kier alpha value is -3.78. The van der Waals surface area contributed by atoms with Crippen LogP contribution in [0.1, 0.15) is 22.3 Å². The van der Waals surface area contributed by atoms with E-state index in [0.717, 1.165) is 18.5 Å². The fraction of sp³-hybridized carbons (Fsp3) is 0.217. The van der Waals surface area contributed by atoms with Crippen LogP contribution >= 0.6 is 0 Å². The number of rotatable bonds is 10. The summed E-state index contributed by atoms with van der Waals surface area (Å²) in [6.45, 7) is 1.39. The predicted octanol–water partition coefficient (Wildman–Crippen LogP) is 1.57. The minimum absolute atomic E-state index is 0.0905. The molecule has 8 nitrogen and oxygen atoms in total. The van der Waals surface area contributed by atoms with Gasteiger partial charge in [-0.15, -0.1) is 0 Å². The van der Waals surface area contributed by atoms with Crippen molar-refractivity contribution in [2.24, 2.45) is 0 Å². The first kappa shape index (κ1) is 23.5. The van der Waals surface area contributed by atoms with Crippen LogP contribution in [0, 0.1) is 10.1 Å². The molecule has 0 aromatic heterocycles. The molecule has 2 aromatic rings. The molecular formula is C23H27N4O4+. The Labute approximate surface area is 181 Å². The molecule has 2 rings (SSSR count). The number of non-ortho nitro benzene ring substituents is 1. The van der Waals surface area contributed by atoms with Crippen LogP contribution in [0.5, 0.6) is 0 Å². The second-order valence-electron chi connectivity index (χ2n) is 7.17. The molecule has 0 bridgehead atoms. The van der Waals surface area contributed by atoms with Crippen molar-refractivity contribution >= 4 is 23.6 Å². The van der Waals surface area contributed by atoms with E-state index in [4.69, 9.17) is 0 Å². The van der Waals surface area contributed by atoms with Crippen LogP contribution in [0.25, 0.3) is 6.08 Å². The Morgan fingerprint density at radius 3 is 2.35 bits per heavy atom. The van der Waals surface area contributed by atoms with Crippen LogP contribution in [0.2, 0.25) is 0 Å². The van der Waals surface area contributed by atoms with Crippen LogP contribution in [0.3, 0.4) is 0 Å². The number of quaternary nitrogens is 1. The zero-order chi connectivity index (χ0) is 22.6. The summed E-state index contributed by atoms with van der Waals surface area (Å²) in [5, 5.41) is 16.2. The summed E-state index contributed by atoms with van der Waals surface area (Å²) < 4.78 is 0. The van der Waals surface area contributed by atoms with Gasteiger partial charge in [0.05, 0.1) is 25.6 Å². The third kappa shape index (κ3) is 8.23. The Balaban J connectivity index is 2.12. The van der Waals surface area contributed by atoms with Gasteiger partial charge >= 0.3 is 0 Å². The molecule has 8 heteroatoms. The molecule has 0 radical (unpaired) electrons. The van der Waals surface area contributed by atoms with Gasteiger partial charge in [-0.25, -0.2) is 0 Å². The Kier molecular flexibility index (Phi) is 9.13. The van der Waals surface area contributed by atoms with Gasteiger partial charge in [0.1, 0.15) is 5.70 Å². The molecule has 0 saturated carbocycles. The van der Waals surface area contributed by atoms with Gasteiger partial charge in [-0.1, -0.05) is 42.5 Å². The summed E-state index contributed by atoms with van der Waals surface area (Å²) in [5.74, 6) is -0.927. The molecule has 0 unspecified atom stereocenters. The van der Waals surface area contributed by atoms with Crippen LogP contribution in [0.4, 0.5) is 5.69 Å². The van der Waals surface area contributed by atoms with Gasteiger partial charge in [-0.3, -0.25) is 19.7 Å². The predicted molar refractivity (Wildman–Crippen MR) is 119 cm³/mol. The third-order valence-corrected chi connectivity index (χ3v) is 4.32. The smallest absolute Gasteiger partial charge is 0.269 e. The minimum Gasteiger partial charge on any atom is -0.351 e. The number of allylic oxidation sites excluding steroid dienone is 2. The molecule has 0 aliphatic rings. The molecule has 0 heterocycles. The number of carbonyl (C=O) groups excluding carboxylic acids is 2. The molecule has 0 spiro atoms. The molecule has 0 saturated heterocycles. The number of nitrogens with one attached hydrogen (secondary N) is 3. The molecule has 2 amide bonds. The monoisotopic (exact) mass is 423 g/mol. The zero-order valence-electron chi connectivity index (χ0n) is 17.6. The molecule has 162 valence electrons. The van der Waals surface area contributed by atoms with E-state index in [1.165, 1.54) is 35.2 Å². The lowest BCUT2D eigenvalue weighted by atomic mass is 10.2. The van der Waals surface area contributed by atoms with Crippen molar-refractivity contribution in [3.8, 4) is 0 Å².